The molecule has 0 bridgehead atoms. The number of nitriles is 1. The number of pyridine rings is 2. The van der Waals surface area contributed by atoms with Gasteiger partial charge in [0, 0.05) is 36.5 Å². The SMILES string of the molecule is CCOc1cc(-c2ccc(N3C[C@@H](C)C(N)[C@@H](C)C3)nc2)c2c(C#N)cnn2c1. The lowest BCUT2D eigenvalue weighted by Crippen LogP contribution is -2.51. The first-order valence-corrected chi connectivity index (χ1v) is 10.0. The van der Waals surface area contributed by atoms with E-state index in [2.05, 4.69) is 29.9 Å². The third-order valence-corrected chi connectivity index (χ3v) is 5.73. The molecule has 1 aliphatic heterocycles. The van der Waals surface area contributed by atoms with E-state index in [1.807, 2.05) is 31.3 Å². The Balaban J connectivity index is 1.71. The van der Waals surface area contributed by atoms with Crippen LogP contribution in [0.25, 0.3) is 16.6 Å². The number of rotatable bonds is 4. The van der Waals surface area contributed by atoms with E-state index < -0.39 is 0 Å². The lowest BCUT2D eigenvalue weighted by atomic mass is 9.86. The molecule has 4 heterocycles. The Morgan fingerprint density at radius 2 is 2.00 bits per heavy atom. The summed E-state index contributed by atoms with van der Waals surface area (Å²) >= 11 is 0. The average Bonchev–Trinajstić information content (AvgIpc) is 3.14. The van der Waals surface area contributed by atoms with Crippen LogP contribution in [0.4, 0.5) is 5.82 Å². The Kier molecular flexibility index (Phi) is 5.12. The van der Waals surface area contributed by atoms with Gasteiger partial charge in [0.05, 0.1) is 30.1 Å². The maximum Gasteiger partial charge on any atom is 0.138 e. The first-order valence-electron chi connectivity index (χ1n) is 10.0. The molecule has 4 rings (SSSR count). The molecule has 3 atom stereocenters. The first kappa shape index (κ1) is 19.2. The van der Waals surface area contributed by atoms with Gasteiger partial charge in [0.25, 0.3) is 0 Å². The van der Waals surface area contributed by atoms with Crippen LogP contribution in [-0.2, 0) is 0 Å². The monoisotopic (exact) mass is 390 g/mol. The second-order valence-electron chi connectivity index (χ2n) is 7.83. The lowest BCUT2D eigenvalue weighted by Gasteiger charge is -2.40. The van der Waals surface area contributed by atoms with Crippen LogP contribution < -0.4 is 15.4 Å². The third-order valence-electron chi connectivity index (χ3n) is 5.73. The van der Waals surface area contributed by atoms with Gasteiger partial charge in [0.1, 0.15) is 17.6 Å². The van der Waals surface area contributed by atoms with Crippen molar-refractivity contribution >= 4 is 11.3 Å². The van der Waals surface area contributed by atoms with E-state index in [4.69, 9.17) is 15.5 Å². The molecule has 150 valence electrons. The first-order chi connectivity index (χ1) is 14.0. The molecule has 0 aliphatic carbocycles. The minimum Gasteiger partial charge on any atom is -0.492 e. The standard InChI is InChI=1S/C22H26N6O/c1-4-29-18-7-19(22-17(8-23)10-26-28(22)13-18)16-5-6-20(25-9-16)27-11-14(2)21(24)15(3)12-27/h5-7,9-10,13-15,21H,4,11-12,24H2,1-3H3/t14-,15+,21?. The molecular weight excluding hydrogens is 364 g/mol. The van der Waals surface area contributed by atoms with Crippen molar-refractivity contribution in [3.63, 3.8) is 0 Å². The predicted octanol–water partition coefficient (Wildman–Crippen LogP) is 3.09. The Labute approximate surface area is 170 Å². The van der Waals surface area contributed by atoms with E-state index in [-0.39, 0.29) is 6.04 Å². The molecule has 1 unspecified atom stereocenters. The van der Waals surface area contributed by atoms with Crippen molar-refractivity contribution in [1.29, 1.82) is 5.26 Å². The summed E-state index contributed by atoms with van der Waals surface area (Å²) in [5.74, 6) is 2.50. The highest BCUT2D eigenvalue weighted by atomic mass is 16.5. The van der Waals surface area contributed by atoms with Crippen molar-refractivity contribution < 1.29 is 4.74 Å². The number of hydrogen-bond donors (Lipinski definition) is 1. The fourth-order valence-corrected chi connectivity index (χ4v) is 4.14. The smallest absolute Gasteiger partial charge is 0.138 e. The molecule has 1 saturated heterocycles. The molecule has 7 heteroatoms. The molecule has 7 nitrogen and oxygen atoms in total. The van der Waals surface area contributed by atoms with Crippen molar-refractivity contribution in [2.75, 3.05) is 24.6 Å². The molecule has 29 heavy (non-hydrogen) atoms. The summed E-state index contributed by atoms with van der Waals surface area (Å²) in [5, 5.41) is 13.8. The molecule has 1 aliphatic rings. The van der Waals surface area contributed by atoms with Gasteiger partial charge in [-0.2, -0.15) is 10.4 Å². The zero-order valence-electron chi connectivity index (χ0n) is 17.0. The molecule has 0 aromatic carbocycles. The van der Waals surface area contributed by atoms with Crippen molar-refractivity contribution in [2.24, 2.45) is 17.6 Å². The van der Waals surface area contributed by atoms with Gasteiger partial charge in [-0.15, -0.1) is 0 Å². The average molecular weight is 390 g/mol. The van der Waals surface area contributed by atoms with Crippen molar-refractivity contribution in [3.8, 4) is 22.9 Å². The summed E-state index contributed by atoms with van der Waals surface area (Å²) in [6.45, 7) is 8.70. The topological polar surface area (TPSA) is 92.5 Å². The number of piperidine rings is 1. The van der Waals surface area contributed by atoms with Crippen LogP contribution in [-0.4, -0.2) is 40.3 Å². The number of nitrogens with two attached hydrogens (primary N) is 1. The summed E-state index contributed by atoms with van der Waals surface area (Å²) in [7, 11) is 0. The number of ether oxygens (including phenoxy) is 1. The van der Waals surface area contributed by atoms with Crippen molar-refractivity contribution in [1.82, 2.24) is 14.6 Å². The number of fused-ring (bicyclic) bond motifs is 1. The minimum absolute atomic E-state index is 0.228. The van der Waals surface area contributed by atoms with Gasteiger partial charge in [-0.1, -0.05) is 13.8 Å². The van der Waals surface area contributed by atoms with Gasteiger partial charge < -0.3 is 15.4 Å². The summed E-state index contributed by atoms with van der Waals surface area (Å²) < 4.78 is 7.38. The van der Waals surface area contributed by atoms with Crippen LogP contribution in [0, 0.1) is 23.2 Å². The summed E-state index contributed by atoms with van der Waals surface area (Å²) in [5.41, 5.74) is 9.37. The number of aromatic nitrogens is 3. The largest absolute Gasteiger partial charge is 0.492 e. The van der Waals surface area contributed by atoms with Gasteiger partial charge in [0.15, 0.2) is 0 Å². The van der Waals surface area contributed by atoms with Crippen LogP contribution in [0.5, 0.6) is 5.75 Å². The molecule has 0 radical (unpaired) electrons. The quantitative estimate of drug-likeness (QED) is 0.736. The zero-order chi connectivity index (χ0) is 20.5. The van der Waals surface area contributed by atoms with Crippen LogP contribution in [0.1, 0.15) is 26.3 Å². The second kappa shape index (κ2) is 7.72. The Morgan fingerprint density at radius 1 is 1.24 bits per heavy atom. The molecule has 0 saturated carbocycles. The molecule has 1 fully saturated rings. The van der Waals surface area contributed by atoms with E-state index in [0.717, 1.165) is 35.6 Å². The van der Waals surface area contributed by atoms with Crippen LogP contribution in [0.2, 0.25) is 0 Å². The third kappa shape index (κ3) is 3.52. The highest BCUT2D eigenvalue weighted by Gasteiger charge is 2.29. The van der Waals surface area contributed by atoms with E-state index >= 15 is 0 Å². The van der Waals surface area contributed by atoms with Crippen LogP contribution in [0.15, 0.2) is 36.8 Å². The van der Waals surface area contributed by atoms with Gasteiger partial charge in [-0.05, 0) is 37.0 Å². The second-order valence-corrected chi connectivity index (χ2v) is 7.83. The minimum atomic E-state index is 0.228. The van der Waals surface area contributed by atoms with Crippen molar-refractivity contribution in [3.05, 3.63) is 42.4 Å². The fraction of sp³-hybridized carbons (Fsp3) is 0.409. The maximum atomic E-state index is 9.49. The van der Waals surface area contributed by atoms with Gasteiger partial charge in [-0.3, -0.25) is 0 Å². The number of hydrogen-bond acceptors (Lipinski definition) is 6. The highest BCUT2D eigenvalue weighted by molar-refractivity contribution is 5.85. The number of anilines is 1. The van der Waals surface area contributed by atoms with Gasteiger partial charge in [0.2, 0.25) is 0 Å². The molecule has 0 spiro atoms. The maximum absolute atomic E-state index is 9.49. The van der Waals surface area contributed by atoms with Gasteiger partial charge >= 0.3 is 0 Å². The molecule has 3 aromatic heterocycles. The van der Waals surface area contributed by atoms with Crippen LogP contribution in [0.3, 0.4) is 0 Å². The van der Waals surface area contributed by atoms with E-state index in [1.54, 1.807) is 16.9 Å². The normalized spacial score (nSPS) is 21.9. The zero-order valence-corrected chi connectivity index (χ0v) is 17.0. The lowest BCUT2D eigenvalue weighted by molar-refractivity contribution is 0.297. The molecule has 2 N–H and O–H groups in total. The predicted molar refractivity (Wildman–Crippen MR) is 113 cm³/mol. The molecule has 3 aromatic rings. The summed E-state index contributed by atoms with van der Waals surface area (Å²) in [6.07, 6.45) is 5.24. The van der Waals surface area contributed by atoms with E-state index in [0.29, 0.717) is 29.8 Å². The van der Waals surface area contributed by atoms with Crippen molar-refractivity contribution in [2.45, 2.75) is 26.8 Å². The summed E-state index contributed by atoms with van der Waals surface area (Å²) in [6, 6.07) is 8.49. The fourth-order valence-electron chi connectivity index (χ4n) is 4.14. The molecule has 0 amide bonds. The highest BCUT2D eigenvalue weighted by Crippen LogP contribution is 2.32. The Bertz CT molecular complexity index is 1040. The summed E-state index contributed by atoms with van der Waals surface area (Å²) in [4.78, 5) is 7.03. The Hall–Kier alpha value is -3.11. The van der Waals surface area contributed by atoms with Crippen LogP contribution >= 0.6 is 0 Å². The van der Waals surface area contributed by atoms with E-state index in [9.17, 15) is 5.26 Å². The number of nitrogens with zero attached hydrogens (tertiary/aromatic N) is 5. The van der Waals surface area contributed by atoms with E-state index in [1.165, 1.54) is 0 Å². The molecular formula is C22H26N6O. The van der Waals surface area contributed by atoms with Gasteiger partial charge in [-0.25, -0.2) is 9.50 Å². The Morgan fingerprint density at radius 3 is 2.62 bits per heavy atom.